The molecule has 0 saturated carbocycles. The van der Waals surface area contributed by atoms with Crippen molar-refractivity contribution in [1.29, 1.82) is 0 Å². The van der Waals surface area contributed by atoms with Gasteiger partial charge in [0.15, 0.2) is 0 Å². The highest BCUT2D eigenvalue weighted by atomic mass is 16.5. The standard InChI is InChI=1S/C20H24N2O3/c1-3-4-7-14-21-19(23)15-10-12-16(13-11-15)20(24)22-17-8-5-6-9-18(17)25-2/h5-6,8-13H,3-4,7,14H2,1-2H3,(H,21,23)(H,22,24). The van der Waals surface area contributed by atoms with E-state index in [9.17, 15) is 9.59 Å². The summed E-state index contributed by atoms with van der Waals surface area (Å²) in [6, 6.07) is 13.8. The summed E-state index contributed by atoms with van der Waals surface area (Å²) < 4.78 is 5.22. The average Bonchev–Trinajstić information content (AvgIpc) is 2.65. The maximum Gasteiger partial charge on any atom is 0.255 e. The van der Waals surface area contributed by atoms with Gasteiger partial charge in [-0.05, 0) is 42.8 Å². The lowest BCUT2D eigenvalue weighted by atomic mass is 10.1. The second-order valence-corrected chi connectivity index (χ2v) is 5.69. The maximum absolute atomic E-state index is 12.3. The van der Waals surface area contributed by atoms with Gasteiger partial charge in [-0.15, -0.1) is 0 Å². The molecule has 5 nitrogen and oxygen atoms in total. The van der Waals surface area contributed by atoms with Crippen molar-refractivity contribution in [3.63, 3.8) is 0 Å². The summed E-state index contributed by atoms with van der Waals surface area (Å²) in [5, 5.41) is 5.69. The first kappa shape index (κ1) is 18.5. The summed E-state index contributed by atoms with van der Waals surface area (Å²) in [7, 11) is 1.55. The number of benzene rings is 2. The SMILES string of the molecule is CCCCCNC(=O)c1ccc(C(=O)Nc2ccccc2OC)cc1. The first-order chi connectivity index (χ1) is 12.2. The van der Waals surface area contributed by atoms with Crippen molar-refractivity contribution in [2.45, 2.75) is 26.2 Å². The van der Waals surface area contributed by atoms with Crippen LogP contribution in [0, 0.1) is 0 Å². The fourth-order valence-electron chi connectivity index (χ4n) is 2.39. The summed E-state index contributed by atoms with van der Waals surface area (Å²) in [5.41, 5.74) is 1.63. The zero-order chi connectivity index (χ0) is 18.1. The van der Waals surface area contributed by atoms with Gasteiger partial charge in [0, 0.05) is 17.7 Å². The summed E-state index contributed by atoms with van der Waals surface area (Å²) in [5.74, 6) is 0.228. The monoisotopic (exact) mass is 340 g/mol. The molecule has 0 aliphatic rings. The minimum absolute atomic E-state index is 0.118. The van der Waals surface area contributed by atoms with E-state index in [2.05, 4.69) is 17.6 Å². The lowest BCUT2D eigenvalue weighted by Crippen LogP contribution is -2.24. The quantitative estimate of drug-likeness (QED) is 0.717. The van der Waals surface area contributed by atoms with Crippen LogP contribution >= 0.6 is 0 Å². The molecule has 0 heterocycles. The van der Waals surface area contributed by atoms with E-state index >= 15 is 0 Å². The van der Waals surface area contributed by atoms with Gasteiger partial charge >= 0.3 is 0 Å². The van der Waals surface area contributed by atoms with Crippen molar-refractivity contribution < 1.29 is 14.3 Å². The Balaban J connectivity index is 1.97. The molecule has 2 aromatic rings. The van der Waals surface area contributed by atoms with Gasteiger partial charge in [0.05, 0.1) is 12.8 Å². The van der Waals surface area contributed by atoms with Gasteiger partial charge in [-0.3, -0.25) is 9.59 Å². The van der Waals surface area contributed by atoms with Crippen LogP contribution in [0.4, 0.5) is 5.69 Å². The Morgan fingerprint density at radius 2 is 1.56 bits per heavy atom. The van der Waals surface area contributed by atoms with Crippen LogP contribution in [0.5, 0.6) is 5.75 Å². The normalized spacial score (nSPS) is 10.2. The van der Waals surface area contributed by atoms with E-state index in [1.54, 1.807) is 43.5 Å². The van der Waals surface area contributed by atoms with Crippen molar-refractivity contribution in [1.82, 2.24) is 5.32 Å². The summed E-state index contributed by atoms with van der Waals surface area (Å²) in [6.07, 6.45) is 3.19. The number of para-hydroxylation sites is 2. The van der Waals surface area contributed by atoms with E-state index in [0.29, 0.717) is 29.1 Å². The van der Waals surface area contributed by atoms with Crippen LogP contribution in [0.3, 0.4) is 0 Å². The van der Waals surface area contributed by atoms with E-state index in [1.165, 1.54) is 0 Å². The fraction of sp³-hybridized carbons (Fsp3) is 0.300. The van der Waals surface area contributed by atoms with Gasteiger partial charge in [-0.1, -0.05) is 31.9 Å². The third-order valence-electron chi connectivity index (χ3n) is 3.83. The lowest BCUT2D eigenvalue weighted by molar-refractivity contribution is 0.0951. The third kappa shape index (κ3) is 5.35. The Morgan fingerprint density at radius 1 is 0.920 bits per heavy atom. The molecule has 5 heteroatoms. The number of carbonyl (C=O) groups is 2. The maximum atomic E-state index is 12.3. The largest absolute Gasteiger partial charge is 0.495 e. The molecule has 0 aliphatic heterocycles. The van der Waals surface area contributed by atoms with Gasteiger partial charge in [0.25, 0.3) is 11.8 Å². The number of rotatable bonds is 8. The number of ether oxygens (including phenoxy) is 1. The molecule has 0 atom stereocenters. The molecule has 0 spiro atoms. The number of anilines is 1. The van der Waals surface area contributed by atoms with Crippen LogP contribution in [-0.4, -0.2) is 25.5 Å². The Morgan fingerprint density at radius 3 is 2.20 bits per heavy atom. The minimum Gasteiger partial charge on any atom is -0.495 e. The molecule has 2 amide bonds. The molecule has 0 unspecified atom stereocenters. The summed E-state index contributed by atoms with van der Waals surface area (Å²) in [4.78, 5) is 24.4. The van der Waals surface area contributed by atoms with Gasteiger partial charge < -0.3 is 15.4 Å². The van der Waals surface area contributed by atoms with Crippen molar-refractivity contribution in [2.24, 2.45) is 0 Å². The van der Waals surface area contributed by atoms with Crippen molar-refractivity contribution in [3.05, 3.63) is 59.7 Å². The second-order valence-electron chi connectivity index (χ2n) is 5.69. The van der Waals surface area contributed by atoms with Crippen LogP contribution < -0.4 is 15.4 Å². The first-order valence-electron chi connectivity index (χ1n) is 8.48. The lowest BCUT2D eigenvalue weighted by Gasteiger charge is -2.10. The van der Waals surface area contributed by atoms with E-state index in [4.69, 9.17) is 4.74 Å². The number of hydrogen-bond acceptors (Lipinski definition) is 3. The highest BCUT2D eigenvalue weighted by Gasteiger charge is 2.11. The Labute approximate surface area is 148 Å². The Bertz CT molecular complexity index is 711. The van der Waals surface area contributed by atoms with Crippen molar-refractivity contribution in [2.75, 3.05) is 19.0 Å². The van der Waals surface area contributed by atoms with Crippen LogP contribution in [0.25, 0.3) is 0 Å². The number of nitrogens with one attached hydrogen (secondary N) is 2. The first-order valence-corrected chi connectivity index (χ1v) is 8.48. The topological polar surface area (TPSA) is 67.4 Å². The van der Waals surface area contributed by atoms with E-state index in [0.717, 1.165) is 19.3 Å². The zero-order valence-corrected chi connectivity index (χ0v) is 14.7. The van der Waals surface area contributed by atoms with Crippen LogP contribution in [0.2, 0.25) is 0 Å². The smallest absolute Gasteiger partial charge is 0.255 e. The van der Waals surface area contributed by atoms with E-state index in [-0.39, 0.29) is 11.8 Å². The molecule has 0 saturated heterocycles. The number of amides is 2. The predicted molar refractivity (Wildman–Crippen MR) is 99.2 cm³/mol. The average molecular weight is 340 g/mol. The van der Waals surface area contributed by atoms with Gasteiger partial charge in [-0.25, -0.2) is 0 Å². The molecule has 2 rings (SSSR count). The van der Waals surface area contributed by atoms with Crippen molar-refractivity contribution in [3.8, 4) is 5.75 Å². The summed E-state index contributed by atoms with van der Waals surface area (Å²) >= 11 is 0. The molecular weight excluding hydrogens is 316 g/mol. The molecule has 132 valence electrons. The van der Waals surface area contributed by atoms with E-state index in [1.807, 2.05) is 12.1 Å². The van der Waals surface area contributed by atoms with Gasteiger partial charge in [-0.2, -0.15) is 0 Å². The molecule has 0 aromatic heterocycles. The van der Waals surface area contributed by atoms with Gasteiger partial charge in [0.1, 0.15) is 5.75 Å². The molecular formula is C20H24N2O3. The predicted octanol–water partition coefficient (Wildman–Crippen LogP) is 3.87. The number of hydrogen-bond donors (Lipinski definition) is 2. The highest BCUT2D eigenvalue weighted by Crippen LogP contribution is 2.23. The third-order valence-corrected chi connectivity index (χ3v) is 3.83. The highest BCUT2D eigenvalue weighted by molar-refractivity contribution is 6.05. The number of carbonyl (C=O) groups excluding carboxylic acids is 2. The molecule has 0 fully saturated rings. The molecule has 0 radical (unpaired) electrons. The number of methoxy groups -OCH3 is 1. The van der Waals surface area contributed by atoms with Crippen LogP contribution in [0.1, 0.15) is 46.9 Å². The zero-order valence-electron chi connectivity index (χ0n) is 14.7. The minimum atomic E-state index is -0.251. The molecule has 2 aromatic carbocycles. The van der Waals surface area contributed by atoms with Crippen LogP contribution in [0.15, 0.2) is 48.5 Å². The molecule has 0 bridgehead atoms. The fourth-order valence-corrected chi connectivity index (χ4v) is 2.39. The van der Waals surface area contributed by atoms with Crippen molar-refractivity contribution >= 4 is 17.5 Å². The molecule has 2 N–H and O–H groups in total. The Kier molecular flexibility index (Phi) is 7.01. The Hall–Kier alpha value is -2.82. The summed E-state index contributed by atoms with van der Waals surface area (Å²) in [6.45, 7) is 2.79. The molecule has 25 heavy (non-hydrogen) atoms. The van der Waals surface area contributed by atoms with Crippen LogP contribution in [-0.2, 0) is 0 Å². The van der Waals surface area contributed by atoms with E-state index < -0.39 is 0 Å². The number of unbranched alkanes of at least 4 members (excludes halogenated alkanes) is 2. The molecule has 0 aliphatic carbocycles. The second kappa shape index (κ2) is 9.47. The van der Waals surface area contributed by atoms with Gasteiger partial charge in [0.2, 0.25) is 0 Å².